The molecule has 0 unspecified atom stereocenters. The molecule has 1 N–H and O–H groups in total. The van der Waals surface area contributed by atoms with Crippen LogP contribution in [0.15, 0.2) is 71.3 Å². The minimum absolute atomic E-state index is 0.0812. The van der Waals surface area contributed by atoms with Crippen molar-refractivity contribution in [3.8, 4) is 0 Å². The van der Waals surface area contributed by atoms with E-state index < -0.39 is 10.1 Å². The molecule has 1 aliphatic heterocycles. The van der Waals surface area contributed by atoms with Crippen molar-refractivity contribution < 1.29 is 13.0 Å². The van der Waals surface area contributed by atoms with Gasteiger partial charge < -0.3 is 4.90 Å². The molecule has 136 valence electrons. The summed E-state index contributed by atoms with van der Waals surface area (Å²) in [5, 5.41) is 1.79. The average molecular weight is 369 g/mol. The van der Waals surface area contributed by atoms with Crippen molar-refractivity contribution in [3.05, 3.63) is 72.0 Å². The van der Waals surface area contributed by atoms with Gasteiger partial charge in [-0.1, -0.05) is 50.3 Å². The van der Waals surface area contributed by atoms with Crippen LogP contribution in [-0.4, -0.2) is 20.0 Å². The number of benzene rings is 2. The van der Waals surface area contributed by atoms with Crippen molar-refractivity contribution in [2.75, 3.05) is 11.9 Å². The van der Waals surface area contributed by atoms with E-state index in [0.29, 0.717) is 0 Å². The second-order valence-electron chi connectivity index (χ2n) is 6.96. The van der Waals surface area contributed by atoms with Crippen LogP contribution < -0.4 is 4.90 Å². The molecule has 26 heavy (non-hydrogen) atoms. The van der Waals surface area contributed by atoms with Crippen LogP contribution in [0, 0.1) is 0 Å². The number of hydrogen-bond donors (Lipinski definition) is 1. The van der Waals surface area contributed by atoms with Crippen LogP contribution in [0.5, 0.6) is 0 Å². The fourth-order valence-corrected chi connectivity index (χ4v) is 4.21. The number of hydrogen-bond acceptors (Lipinski definition) is 3. The Balaban J connectivity index is 2.26. The first kappa shape index (κ1) is 18.4. The summed E-state index contributed by atoms with van der Waals surface area (Å²) in [5.41, 5.74) is 2.93. The summed E-state index contributed by atoms with van der Waals surface area (Å²) in [5.74, 6) is 0. The fraction of sp³-hybridized carbons (Fsp3) is 0.238. The van der Waals surface area contributed by atoms with Gasteiger partial charge in [0.2, 0.25) is 0 Å². The highest BCUT2D eigenvalue weighted by molar-refractivity contribution is 7.85. The third-order valence-corrected chi connectivity index (χ3v) is 5.78. The standard InChI is InChI=1S/C21H23NO3S/c1-5-6-7-8-9-19-21(2,3)20-17-14-16(26(23,24)25)12-10-15(17)11-13-18(20)22(19)4/h5-14H,1-4H3,(H,23,24,25)/b6-5+,8-7+,19-9+. The summed E-state index contributed by atoms with van der Waals surface area (Å²) >= 11 is 0. The van der Waals surface area contributed by atoms with Gasteiger partial charge in [-0.2, -0.15) is 8.42 Å². The zero-order chi connectivity index (χ0) is 19.1. The number of nitrogens with zero attached hydrogens (tertiary/aromatic N) is 1. The van der Waals surface area contributed by atoms with Crippen LogP contribution in [0.4, 0.5) is 5.69 Å². The van der Waals surface area contributed by atoms with Crippen molar-refractivity contribution in [1.29, 1.82) is 0 Å². The summed E-state index contributed by atoms with van der Waals surface area (Å²) in [6.45, 7) is 6.23. The first-order chi connectivity index (χ1) is 12.2. The Bertz CT molecular complexity index is 1060. The highest BCUT2D eigenvalue weighted by Crippen LogP contribution is 2.50. The molecule has 1 heterocycles. The zero-order valence-corrected chi connectivity index (χ0v) is 16.2. The quantitative estimate of drug-likeness (QED) is 0.622. The van der Waals surface area contributed by atoms with Gasteiger partial charge in [0.1, 0.15) is 0 Å². The predicted molar refractivity (Wildman–Crippen MR) is 107 cm³/mol. The van der Waals surface area contributed by atoms with Gasteiger partial charge in [0.05, 0.1) is 4.90 Å². The van der Waals surface area contributed by atoms with E-state index in [9.17, 15) is 13.0 Å². The fourth-order valence-electron chi connectivity index (χ4n) is 3.70. The van der Waals surface area contributed by atoms with Gasteiger partial charge >= 0.3 is 0 Å². The van der Waals surface area contributed by atoms with Crippen LogP contribution in [-0.2, 0) is 15.5 Å². The van der Waals surface area contributed by atoms with Gasteiger partial charge in [-0.15, -0.1) is 0 Å². The maximum Gasteiger partial charge on any atom is 0.294 e. The summed E-state index contributed by atoms with van der Waals surface area (Å²) < 4.78 is 32.6. The Morgan fingerprint density at radius 1 is 1.08 bits per heavy atom. The van der Waals surface area contributed by atoms with Crippen molar-refractivity contribution in [3.63, 3.8) is 0 Å². The third-order valence-electron chi connectivity index (χ3n) is 4.93. The van der Waals surface area contributed by atoms with Crippen molar-refractivity contribution >= 4 is 26.6 Å². The molecule has 3 rings (SSSR count). The van der Waals surface area contributed by atoms with Gasteiger partial charge in [0, 0.05) is 23.8 Å². The van der Waals surface area contributed by atoms with Crippen LogP contribution in [0.3, 0.4) is 0 Å². The van der Waals surface area contributed by atoms with Crippen LogP contribution in [0.1, 0.15) is 26.3 Å². The third kappa shape index (κ3) is 2.97. The molecule has 0 radical (unpaired) electrons. The second-order valence-corrected chi connectivity index (χ2v) is 8.39. The minimum atomic E-state index is -4.24. The molecule has 1 aliphatic rings. The molecule has 0 aliphatic carbocycles. The summed E-state index contributed by atoms with van der Waals surface area (Å²) in [6.07, 6.45) is 10.0. The van der Waals surface area contributed by atoms with Crippen molar-refractivity contribution in [1.82, 2.24) is 0 Å². The number of rotatable bonds is 3. The van der Waals surface area contributed by atoms with Crippen molar-refractivity contribution in [2.45, 2.75) is 31.1 Å². The molecule has 0 atom stereocenters. The number of likely N-dealkylation sites (N-methyl/N-ethyl adjacent to an activating group) is 1. The van der Waals surface area contributed by atoms with E-state index in [4.69, 9.17) is 0 Å². The predicted octanol–water partition coefficient (Wildman–Crippen LogP) is 4.83. The van der Waals surface area contributed by atoms with Crippen LogP contribution in [0.25, 0.3) is 10.8 Å². The minimum Gasteiger partial charge on any atom is -0.347 e. The lowest BCUT2D eigenvalue weighted by Gasteiger charge is -2.24. The van der Waals surface area contributed by atoms with E-state index in [-0.39, 0.29) is 10.3 Å². The molecule has 0 bridgehead atoms. The Kier molecular flexibility index (Phi) is 4.54. The number of allylic oxidation sites excluding steroid dienone is 6. The lowest BCUT2D eigenvalue weighted by atomic mass is 9.81. The van der Waals surface area contributed by atoms with E-state index in [1.165, 1.54) is 6.07 Å². The van der Waals surface area contributed by atoms with E-state index in [1.807, 2.05) is 44.3 Å². The second kappa shape index (κ2) is 6.41. The van der Waals surface area contributed by atoms with Gasteiger partial charge in [-0.05, 0) is 47.5 Å². The number of anilines is 1. The van der Waals surface area contributed by atoms with E-state index in [1.54, 1.807) is 12.1 Å². The average Bonchev–Trinajstić information content (AvgIpc) is 2.77. The Labute approximate surface area is 154 Å². The summed E-state index contributed by atoms with van der Waals surface area (Å²) in [4.78, 5) is 2.05. The molecular formula is C21H23NO3S. The maximum atomic E-state index is 11.6. The largest absolute Gasteiger partial charge is 0.347 e. The summed E-state index contributed by atoms with van der Waals surface area (Å²) in [7, 11) is -2.23. The highest BCUT2D eigenvalue weighted by atomic mass is 32.2. The lowest BCUT2D eigenvalue weighted by molar-refractivity contribution is 0.483. The summed E-state index contributed by atoms with van der Waals surface area (Å²) in [6, 6.07) is 8.78. The Morgan fingerprint density at radius 2 is 1.77 bits per heavy atom. The lowest BCUT2D eigenvalue weighted by Crippen LogP contribution is -2.22. The molecule has 0 aromatic heterocycles. The SMILES string of the molecule is C/C=C/C=C/C=C1/N(C)c2ccc3ccc(S(=O)(=O)O)cc3c2C1(C)C. The molecule has 0 saturated carbocycles. The Hall–Kier alpha value is -2.37. The molecular weight excluding hydrogens is 346 g/mol. The first-order valence-electron chi connectivity index (χ1n) is 8.46. The molecule has 5 heteroatoms. The molecule has 0 fully saturated rings. The van der Waals surface area contributed by atoms with Gasteiger partial charge in [-0.25, -0.2) is 0 Å². The van der Waals surface area contributed by atoms with Crippen LogP contribution >= 0.6 is 0 Å². The van der Waals surface area contributed by atoms with Gasteiger partial charge in [0.25, 0.3) is 10.1 Å². The van der Waals surface area contributed by atoms with Gasteiger partial charge in [-0.3, -0.25) is 4.55 Å². The molecule has 2 aromatic carbocycles. The molecule has 4 nitrogen and oxygen atoms in total. The van der Waals surface area contributed by atoms with Gasteiger partial charge in [0.15, 0.2) is 0 Å². The highest BCUT2D eigenvalue weighted by Gasteiger charge is 2.39. The van der Waals surface area contributed by atoms with Crippen LogP contribution in [0.2, 0.25) is 0 Å². The topological polar surface area (TPSA) is 57.6 Å². The van der Waals surface area contributed by atoms with Crippen molar-refractivity contribution in [2.24, 2.45) is 0 Å². The number of fused-ring (bicyclic) bond motifs is 3. The maximum absolute atomic E-state index is 11.6. The normalized spacial score (nSPS) is 18.5. The zero-order valence-electron chi connectivity index (χ0n) is 15.4. The Morgan fingerprint density at radius 3 is 2.42 bits per heavy atom. The molecule has 2 aromatic rings. The first-order valence-corrected chi connectivity index (χ1v) is 9.90. The smallest absolute Gasteiger partial charge is 0.294 e. The molecule has 0 amide bonds. The monoisotopic (exact) mass is 369 g/mol. The van der Waals surface area contributed by atoms with E-state index >= 15 is 0 Å². The molecule has 0 spiro atoms. The van der Waals surface area contributed by atoms with E-state index in [0.717, 1.165) is 27.7 Å². The molecule has 0 saturated heterocycles. The van der Waals surface area contributed by atoms with E-state index in [2.05, 4.69) is 30.9 Å².